The van der Waals surface area contributed by atoms with Gasteiger partial charge in [-0.25, -0.2) is 9.97 Å². The molecule has 0 N–H and O–H groups in total. The Kier molecular flexibility index (Phi) is 5.27. The molecule has 0 aliphatic carbocycles. The molecule has 3 aromatic rings. The summed E-state index contributed by atoms with van der Waals surface area (Å²) in [6, 6.07) is 10.4. The highest BCUT2D eigenvalue weighted by Gasteiger charge is 2.26. The minimum absolute atomic E-state index is 0.191. The molecule has 2 aromatic heterocycles. The molecule has 4 rings (SSSR count). The first-order chi connectivity index (χ1) is 13.3. The highest BCUT2D eigenvalue weighted by molar-refractivity contribution is 5.76. The third-order valence-electron chi connectivity index (χ3n) is 5.18. The van der Waals surface area contributed by atoms with Crippen LogP contribution < -0.4 is 0 Å². The average molecular weight is 364 g/mol. The maximum atomic E-state index is 12.4. The standard InChI is InChI=1S/C20H24N6O/c27-19(8-12-26-16-21-15-23-26)24-10-6-18(7-11-24)20-22-9-13-25(20)14-17-4-2-1-3-5-17/h1-5,9,13,15-16,18H,6-8,10-12,14H2. The molecule has 0 saturated carbocycles. The number of imidazole rings is 1. The van der Waals surface area contributed by atoms with Gasteiger partial charge in [0.05, 0.1) is 6.54 Å². The van der Waals surface area contributed by atoms with Crippen molar-refractivity contribution in [3.8, 4) is 0 Å². The van der Waals surface area contributed by atoms with E-state index in [0.717, 1.165) is 38.3 Å². The molecular formula is C20H24N6O. The van der Waals surface area contributed by atoms with Gasteiger partial charge in [0.2, 0.25) is 5.91 Å². The number of aromatic nitrogens is 5. The van der Waals surface area contributed by atoms with Crippen LogP contribution in [-0.4, -0.2) is 48.2 Å². The lowest BCUT2D eigenvalue weighted by atomic mass is 9.95. The third kappa shape index (κ3) is 4.24. The summed E-state index contributed by atoms with van der Waals surface area (Å²) in [5.74, 6) is 1.73. The quantitative estimate of drug-likeness (QED) is 0.673. The number of carbonyl (C=O) groups excluding carboxylic acids is 1. The van der Waals surface area contributed by atoms with Gasteiger partial charge in [-0.1, -0.05) is 30.3 Å². The first kappa shape index (κ1) is 17.5. The number of nitrogens with zero attached hydrogens (tertiary/aromatic N) is 6. The van der Waals surface area contributed by atoms with Crippen LogP contribution in [0.4, 0.5) is 0 Å². The van der Waals surface area contributed by atoms with Crippen molar-refractivity contribution >= 4 is 5.91 Å². The number of piperidine rings is 1. The lowest BCUT2D eigenvalue weighted by Gasteiger charge is -2.32. The van der Waals surface area contributed by atoms with E-state index in [0.29, 0.717) is 18.9 Å². The highest BCUT2D eigenvalue weighted by atomic mass is 16.2. The first-order valence-corrected chi connectivity index (χ1v) is 9.45. The summed E-state index contributed by atoms with van der Waals surface area (Å²) in [5, 5.41) is 4.05. The van der Waals surface area contributed by atoms with Crippen LogP contribution in [0.25, 0.3) is 0 Å². The van der Waals surface area contributed by atoms with Gasteiger partial charge in [-0.05, 0) is 18.4 Å². The van der Waals surface area contributed by atoms with Crippen molar-refractivity contribution in [3.05, 3.63) is 66.8 Å². The van der Waals surface area contributed by atoms with Crippen LogP contribution in [0.1, 0.15) is 36.6 Å². The van der Waals surface area contributed by atoms with E-state index in [1.54, 1.807) is 11.0 Å². The zero-order valence-electron chi connectivity index (χ0n) is 15.3. The molecule has 1 fully saturated rings. The first-order valence-electron chi connectivity index (χ1n) is 9.45. The Labute approximate surface area is 158 Å². The zero-order valence-corrected chi connectivity index (χ0v) is 15.3. The molecule has 1 aliphatic rings. The number of hydrogen-bond acceptors (Lipinski definition) is 4. The maximum Gasteiger partial charge on any atom is 0.224 e. The third-order valence-corrected chi connectivity index (χ3v) is 5.18. The van der Waals surface area contributed by atoms with Crippen molar-refractivity contribution < 1.29 is 4.79 Å². The topological polar surface area (TPSA) is 68.8 Å². The second kappa shape index (κ2) is 8.16. The molecule has 3 heterocycles. The summed E-state index contributed by atoms with van der Waals surface area (Å²) in [4.78, 5) is 22.9. The Morgan fingerprint density at radius 1 is 1.15 bits per heavy atom. The van der Waals surface area contributed by atoms with E-state index in [4.69, 9.17) is 0 Å². The number of aryl methyl sites for hydroxylation is 1. The largest absolute Gasteiger partial charge is 0.343 e. The number of rotatable bonds is 6. The minimum atomic E-state index is 0.191. The molecule has 0 radical (unpaired) electrons. The zero-order chi connectivity index (χ0) is 18.5. The van der Waals surface area contributed by atoms with Crippen LogP contribution in [0.2, 0.25) is 0 Å². The van der Waals surface area contributed by atoms with E-state index in [9.17, 15) is 4.79 Å². The van der Waals surface area contributed by atoms with Gasteiger partial charge in [-0.15, -0.1) is 0 Å². The Morgan fingerprint density at radius 2 is 1.96 bits per heavy atom. The van der Waals surface area contributed by atoms with Crippen molar-refractivity contribution in [2.24, 2.45) is 0 Å². The summed E-state index contributed by atoms with van der Waals surface area (Å²) < 4.78 is 3.94. The fraction of sp³-hybridized carbons (Fsp3) is 0.400. The van der Waals surface area contributed by atoms with E-state index in [2.05, 4.69) is 50.1 Å². The molecule has 0 spiro atoms. The van der Waals surface area contributed by atoms with Gasteiger partial charge in [-0.2, -0.15) is 5.10 Å². The second-order valence-corrected chi connectivity index (χ2v) is 6.96. The van der Waals surface area contributed by atoms with E-state index in [-0.39, 0.29) is 5.91 Å². The molecule has 27 heavy (non-hydrogen) atoms. The van der Waals surface area contributed by atoms with Crippen molar-refractivity contribution in [2.45, 2.75) is 38.3 Å². The van der Waals surface area contributed by atoms with Crippen LogP contribution in [-0.2, 0) is 17.9 Å². The van der Waals surface area contributed by atoms with Gasteiger partial charge in [0, 0.05) is 44.4 Å². The number of carbonyl (C=O) groups is 1. The molecule has 1 aromatic carbocycles. The summed E-state index contributed by atoms with van der Waals surface area (Å²) in [5.41, 5.74) is 1.28. The predicted molar refractivity (Wildman–Crippen MR) is 101 cm³/mol. The minimum Gasteiger partial charge on any atom is -0.343 e. The van der Waals surface area contributed by atoms with Crippen LogP contribution in [0.5, 0.6) is 0 Å². The lowest BCUT2D eigenvalue weighted by Crippen LogP contribution is -2.38. The van der Waals surface area contributed by atoms with Crippen LogP contribution in [0, 0.1) is 0 Å². The second-order valence-electron chi connectivity index (χ2n) is 6.96. The normalized spacial score (nSPS) is 15.2. The van der Waals surface area contributed by atoms with Crippen molar-refractivity contribution in [3.63, 3.8) is 0 Å². The van der Waals surface area contributed by atoms with Gasteiger partial charge in [0.1, 0.15) is 18.5 Å². The molecule has 1 saturated heterocycles. The number of hydrogen-bond donors (Lipinski definition) is 0. The van der Waals surface area contributed by atoms with E-state index < -0.39 is 0 Å². The summed E-state index contributed by atoms with van der Waals surface area (Å²) in [7, 11) is 0. The Balaban J connectivity index is 1.32. The molecule has 0 bridgehead atoms. The maximum absolute atomic E-state index is 12.4. The van der Waals surface area contributed by atoms with Crippen molar-refractivity contribution in [1.82, 2.24) is 29.2 Å². The van der Waals surface area contributed by atoms with Crippen LogP contribution in [0.15, 0.2) is 55.4 Å². The van der Waals surface area contributed by atoms with Crippen LogP contribution >= 0.6 is 0 Å². The van der Waals surface area contributed by atoms with E-state index in [1.165, 1.54) is 11.9 Å². The van der Waals surface area contributed by atoms with Crippen molar-refractivity contribution in [2.75, 3.05) is 13.1 Å². The van der Waals surface area contributed by atoms with Gasteiger partial charge >= 0.3 is 0 Å². The van der Waals surface area contributed by atoms with Crippen molar-refractivity contribution in [1.29, 1.82) is 0 Å². The summed E-state index contributed by atoms with van der Waals surface area (Å²) in [6.45, 7) is 3.01. The lowest BCUT2D eigenvalue weighted by molar-refractivity contribution is -0.132. The Hall–Kier alpha value is -2.96. The van der Waals surface area contributed by atoms with Crippen LogP contribution in [0.3, 0.4) is 0 Å². The monoisotopic (exact) mass is 364 g/mol. The number of benzene rings is 1. The molecule has 0 unspecified atom stereocenters. The summed E-state index contributed by atoms with van der Waals surface area (Å²) in [6.07, 6.45) is 9.46. The fourth-order valence-corrected chi connectivity index (χ4v) is 3.70. The van der Waals surface area contributed by atoms with Gasteiger partial charge in [-0.3, -0.25) is 9.48 Å². The predicted octanol–water partition coefficient (Wildman–Crippen LogP) is 2.32. The fourth-order valence-electron chi connectivity index (χ4n) is 3.70. The molecule has 7 nitrogen and oxygen atoms in total. The van der Waals surface area contributed by atoms with Gasteiger partial charge in [0.25, 0.3) is 0 Å². The molecule has 7 heteroatoms. The van der Waals surface area contributed by atoms with E-state index in [1.807, 2.05) is 17.2 Å². The number of likely N-dealkylation sites (tertiary alicyclic amines) is 1. The smallest absolute Gasteiger partial charge is 0.224 e. The molecule has 1 aliphatic heterocycles. The van der Waals surface area contributed by atoms with Gasteiger partial charge in [0.15, 0.2) is 0 Å². The molecular weight excluding hydrogens is 340 g/mol. The van der Waals surface area contributed by atoms with E-state index >= 15 is 0 Å². The Bertz CT molecular complexity index is 850. The summed E-state index contributed by atoms with van der Waals surface area (Å²) >= 11 is 0. The SMILES string of the molecule is O=C(CCn1cncn1)N1CCC(c2nccn2Cc2ccccc2)CC1. The average Bonchev–Trinajstić information content (AvgIpc) is 3.39. The highest BCUT2D eigenvalue weighted by Crippen LogP contribution is 2.27. The Morgan fingerprint density at radius 3 is 2.70 bits per heavy atom. The molecule has 0 atom stereocenters. The molecule has 140 valence electrons. The van der Waals surface area contributed by atoms with Gasteiger partial charge < -0.3 is 9.47 Å². The number of amides is 1. The molecule has 1 amide bonds.